The Morgan fingerprint density at radius 3 is 2.94 bits per heavy atom. The number of anilines is 2. The quantitative estimate of drug-likeness (QED) is 0.802. The van der Waals surface area contributed by atoms with Crippen molar-refractivity contribution in [3.05, 3.63) is 53.9 Å². The zero-order valence-corrected chi connectivity index (χ0v) is 9.93. The van der Waals surface area contributed by atoms with Crippen LogP contribution in [0.2, 0.25) is 0 Å². The summed E-state index contributed by atoms with van der Waals surface area (Å²) >= 11 is 0. The average Bonchev–Trinajstić information content (AvgIpc) is 2.41. The van der Waals surface area contributed by atoms with E-state index in [4.69, 9.17) is 11.0 Å². The van der Waals surface area contributed by atoms with Gasteiger partial charge in [-0.25, -0.2) is 0 Å². The molecule has 2 aromatic rings. The summed E-state index contributed by atoms with van der Waals surface area (Å²) in [7, 11) is 0. The fraction of sp³-hybridized carbons (Fsp3) is 0.143. The number of rotatable bonds is 4. The van der Waals surface area contributed by atoms with Crippen molar-refractivity contribution in [2.24, 2.45) is 0 Å². The lowest BCUT2D eigenvalue weighted by Crippen LogP contribution is -2.01. The van der Waals surface area contributed by atoms with Crippen LogP contribution in [0.25, 0.3) is 0 Å². The molecule has 0 saturated carbocycles. The summed E-state index contributed by atoms with van der Waals surface area (Å²) in [6.45, 7) is 0.698. The van der Waals surface area contributed by atoms with E-state index < -0.39 is 0 Å². The Labute approximate surface area is 106 Å². The second kappa shape index (κ2) is 5.69. The molecule has 90 valence electrons. The van der Waals surface area contributed by atoms with Crippen LogP contribution in [0.4, 0.5) is 11.4 Å². The van der Waals surface area contributed by atoms with Crippen molar-refractivity contribution in [1.29, 1.82) is 5.26 Å². The van der Waals surface area contributed by atoms with Crippen molar-refractivity contribution < 1.29 is 0 Å². The van der Waals surface area contributed by atoms with Crippen molar-refractivity contribution >= 4 is 11.4 Å². The minimum atomic E-state index is 0.328. The summed E-state index contributed by atoms with van der Waals surface area (Å²) in [5.74, 6) is 0. The Kier molecular flexibility index (Phi) is 3.77. The van der Waals surface area contributed by atoms with E-state index in [9.17, 15) is 0 Å². The normalized spacial score (nSPS) is 9.72. The maximum Gasteiger partial charge on any atom is 0.0670 e. The summed E-state index contributed by atoms with van der Waals surface area (Å²) in [5, 5.41) is 12.0. The lowest BCUT2D eigenvalue weighted by Gasteiger charge is -2.09. The molecule has 1 aromatic heterocycles. The first kappa shape index (κ1) is 11.9. The average molecular weight is 238 g/mol. The van der Waals surface area contributed by atoms with E-state index in [1.54, 1.807) is 6.20 Å². The molecule has 18 heavy (non-hydrogen) atoms. The van der Waals surface area contributed by atoms with Crippen molar-refractivity contribution in [1.82, 2.24) is 4.98 Å². The Morgan fingerprint density at radius 2 is 2.22 bits per heavy atom. The minimum Gasteiger partial charge on any atom is -0.398 e. The predicted octanol–water partition coefficient (Wildman–Crippen LogP) is 2.34. The Bertz CT molecular complexity index is 558. The molecule has 0 fully saturated rings. The topological polar surface area (TPSA) is 74.7 Å². The lowest BCUT2D eigenvalue weighted by atomic mass is 10.1. The van der Waals surface area contributed by atoms with Gasteiger partial charge in [-0.2, -0.15) is 5.26 Å². The summed E-state index contributed by atoms with van der Waals surface area (Å²) < 4.78 is 0. The van der Waals surface area contributed by atoms with Gasteiger partial charge in [-0.15, -0.1) is 0 Å². The number of aromatic nitrogens is 1. The van der Waals surface area contributed by atoms with Crippen LogP contribution >= 0.6 is 0 Å². The van der Waals surface area contributed by atoms with Gasteiger partial charge in [-0.05, 0) is 35.4 Å². The summed E-state index contributed by atoms with van der Waals surface area (Å²) in [5.41, 5.74) is 9.37. The van der Waals surface area contributed by atoms with Crippen LogP contribution < -0.4 is 11.1 Å². The number of benzene rings is 1. The maximum absolute atomic E-state index is 8.71. The highest BCUT2D eigenvalue weighted by Crippen LogP contribution is 2.18. The third-order valence-electron chi connectivity index (χ3n) is 2.63. The third-order valence-corrected chi connectivity index (χ3v) is 2.63. The summed E-state index contributed by atoms with van der Waals surface area (Å²) in [4.78, 5) is 4.06. The van der Waals surface area contributed by atoms with E-state index in [0.29, 0.717) is 18.7 Å². The van der Waals surface area contributed by atoms with Crippen LogP contribution in [0.15, 0.2) is 42.7 Å². The molecule has 2 rings (SSSR count). The largest absolute Gasteiger partial charge is 0.398 e. The molecule has 0 radical (unpaired) electrons. The van der Waals surface area contributed by atoms with Crippen molar-refractivity contribution in [3.8, 4) is 6.07 Å². The van der Waals surface area contributed by atoms with Gasteiger partial charge in [0, 0.05) is 30.3 Å². The smallest absolute Gasteiger partial charge is 0.0670 e. The molecule has 0 aliphatic rings. The second-order valence-electron chi connectivity index (χ2n) is 3.96. The van der Waals surface area contributed by atoms with Gasteiger partial charge < -0.3 is 11.1 Å². The van der Waals surface area contributed by atoms with E-state index >= 15 is 0 Å². The highest BCUT2D eigenvalue weighted by molar-refractivity contribution is 5.58. The van der Waals surface area contributed by atoms with E-state index in [2.05, 4.69) is 16.4 Å². The molecule has 0 bridgehead atoms. The van der Waals surface area contributed by atoms with Gasteiger partial charge in [0.15, 0.2) is 0 Å². The fourth-order valence-electron chi connectivity index (χ4n) is 1.66. The monoisotopic (exact) mass is 238 g/mol. The van der Waals surface area contributed by atoms with E-state index in [1.807, 2.05) is 36.5 Å². The Hall–Kier alpha value is -2.54. The molecule has 4 nitrogen and oxygen atoms in total. The molecule has 0 saturated heterocycles. The fourth-order valence-corrected chi connectivity index (χ4v) is 1.66. The number of hydrogen-bond donors (Lipinski definition) is 2. The standard InChI is InChI=1S/C14H14N4/c15-6-5-12-8-13(3-4-14(12)16)18-10-11-2-1-7-17-9-11/h1-4,7-9,18H,5,10,16H2. The third kappa shape index (κ3) is 2.98. The number of hydrogen-bond acceptors (Lipinski definition) is 4. The summed E-state index contributed by atoms with van der Waals surface area (Å²) in [6.07, 6.45) is 3.90. The molecule has 3 N–H and O–H groups in total. The Morgan fingerprint density at radius 1 is 1.33 bits per heavy atom. The molecule has 0 atom stereocenters. The minimum absolute atomic E-state index is 0.328. The molecule has 0 aliphatic heterocycles. The lowest BCUT2D eigenvalue weighted by molar-refractivity contribution is 1.11. The van der Waals surface area contributed by atoms with Gasteiger partial charge in [0.1, 0.15) is 0 Å². The van der Waals surface area contributed by atoms with Crippen molar-refractivity contribution in [2.45, 2.75) is 13.0 Å². The number of pyridine rings is 1. The van der Waals surface area contributed by atoms with E-state index in [0.717, 1.165) is 16.8 Å². The molecule has 0 spiro atoms. The molecule has 0 aliphatic carbocycles. The molecule has 0 amide bonds. The van der Waals surface area contributed by atoms with Crippen LogP contribution in [-0.4, -0.2) is 4.98 Å². The molecular weight excluding hydrogens is 224 g/mol. The highest BCUT2D eigenvalue weighted by Gasteiger charge is 2.01. The number of nitriles is 1. The number of nitrogen functional groups attached to an aromatic ring is 1. The first-order valence-electron chi connectivity index (χ1n) is 5.67. The SMILES string of the molecule is N#CCc1cc(NCc2cccnc2)ccc1N. The van der Waals surface area contributed by atoms with Gasteiger partial charge in [-0.1, -0.05) is 6.07 Å². The molecule has 1 aromatic carbocycles. The molecular formula is C14H14N4. The van der Waals surface area contributed by atoms with Crippen LogP contribution in [0.5, 0.6) is 0 Å². The zero-order valence-electron chi connectivity index (χ0n) is 9.93. The van der Waals surface area contributed by atoms with Crippen LogP contribution in [-0.2, 0) is 13.0 Å². The first-order valence-corrected chi connectivity index (χ1v) is 5.67. The number of nitrogens with two attached hydrogens (primary N) is 1. The zero-order chi connectivity index (χ0) is 12.8. The maximum atomic E-state index is 8.71. The van der Waals surface area contributed by atoms with Gasteiger partial charge in [0.05, 0.1) is 12.5 Å². The van der Waals surface area contributed by atoms with Gasteiger partial charge in [0.2, 0.25) is 0 Å². The molecule has 0 unspecified atom stereocenters. The van der Waals surface area contributed by atoms with Crippen molar-refractivity contribution in [2.75, 3.05) is 11.1 Å². The first-order chi connectivity index (χ1) is 8.79. The number of nitrogens with one attached hydrogen (secondary N) is 1. The van der Waals surface area contributed by atoms with Crippen molar-refractivity contribution in [3.63, 3.8) is 0 Å². The Balaban J connectivity index is 2.06. The van der Waals surface area contributed by atoms with Gasteiger partial charge in [0.25, 0.3) is 0 Å². The number of nitrogens with zero attached hydrogens (tertiary/aromatic N) is 2. The van der Waals surface area contributed by atoms with Gasteiger partial charge in [-0.3, -0.25) is 4.98 Å². The molecule has 4 heteroatoms. The van der Waals surface area contributed by atoms with Gasteiger partial charge >= 0.3 is 0 Å². The summed E-state index contributed by atoms with van der Waals surface area (Å²) in [6, 6.07) is 11.7. The van der Waals surface area contributed by atoms with Crippen LogP contribution in [0, 0.1) is 11.3 Å². The second-order valence-corrected chi connectivity index (χ2v) is 3.96. The van der Waals surface area contributed by atoms with E-state index in [1.165, 1.54) is 0 Å². The van der Waals surface area contributed by atoms with Crippen LogP contribution in [0.3, 0.4) is 0 Å². The highest BCUT2D eigenvalue weighted by atomic mass is 14.9. The van der Waals surface area contributed by atoms with E-state index in [-0.39, 0.29) is 0 Å². The van der Waals surface area contributed by atoms with Crippen LogP contribution in [0.1, 0.15) is 11.1 Å². The molecule has 1 heterocycles. The predicted molar refractivity (Wildman–Crippen MR) is 71.7 cm³/mol.